The third-order valence-electron chi connectivity index (χ3n) is 2.47. The van der Waals surface area contributed by atoms with Crippen LogP contribution in [0.15, 0.2) is 24.9 Å². The number of esters is 1. The number of hydrogen-bond acceptors (Lipinski definition) is 6. The minimum Gasteiger partial charge on any atom is -0.464 e. The van der Waals surface area contributed by atoms with Gasteiger partial charge in [-0.1, -0.05) is 0 Å². The van der Waals surface area contributed by atoms with E-state index in [1.165, 1.54) is 26.0 Å². The van der Waals surface area contributed by atoms with E-state index in [0.29, 0.717) is 23.3 Å². The molecule has 2 rings (SSSR count). The highest BCUT2D eigenvalue weighted by Crippen LogP contribution is 2.10. The molecule has 0 spiro atoms. The zero-order valence-corrected chi connectivity index (χ0v) is 12.3. The van der Waals surface area contributed by atoms with Crippen molar-refractivity contribution in [2.45, 2.75) is 6.92 Å². The fourth-order valence-electron chi connectivity index (χ4n) is 1.54. The van der Waals surface area contributed by atoms with Crippen molar-refractivity contribution in [3.05, 3.63) is 30.6 Å². The number of ether oxygens (including phenoxy) is 1. The fraction of sp³-hybridized carbons (Fsp3) is 0.250. The molecule has 0 unspecified atom stereocenters. The van der Waals surface area contributed by atoms with Crippen LogP contribution in [0.3, 0.4) is 0 Å². The van der Waals surface area contributed by atoms with Crippen molar-refractivity contribution in [1.82, 2.24) is 24.8 Å². The van der Waals surface area contributed by atoms with E-state index >= 15 is 0 Å². The van der Waals surface area contributed by atoms with Gasteiger partial charge in [-0.05, 0) is 19.1 Å². The number of carbonyl (C=O) groups is 1. The monoisotopic (exact) mass is 306 g/mol. The largest absolute Gasteiger partial charge is 0.464 e. The molecule has 0 aliphatic carbocycles. The number of thiocarbonyl (C=S) groups is 1. The molecule has 0 aliphatic rings. The first-order valence-corrected chi connectivity index (χ1v) is 6.54. The fourth-order valence-corrected chi connectivity index (χ4v) is 1.78. The number of nitrogens with zero attached hydrogens (tertiary/aromatic N) is 4. The van der Waals surface area contributed by atoms with Crippen molar-refractivity contribution >= 4 is 29.1 Å². The Morgan fingerprint density at radius 3 is 2.95 bits per heavy atom. The summed E-state index contributed by atoms with van der Waals surface area (Å²) in [5.41, 5.74) is 0.203. The zero-order chi connectivity index (χ0) is 15.2. The maximum absolute atomic E-state index is 11.4. The van der Waals surface area contributed by atoms with Crippen LogP contribution in [0.1, 0.15) is 17.4 Å². The number of anilines is 1. The van der Waals surface area contributed by atoms with E-state index in [-0.39, 0.29) is 5.69 Å². The molecule has 0 aromatic carbocycles. The number of rotatable bonds is 4. The lowest BCUT2D eigenvalue weighted by Gasteiger charge is -2.08. The van der Waals surface area contributed by atoms with Crippen LogP contribution < -0.4 is 10.6 Å². The second-order valence-electron chi connectivity index (χ2n) is 3.90. The Balaban J connectivity index is 2.19. The summed E-state index contributed by atoms with van der Waals surface area (Å²) in [5.74, 6) is 0.586. The van der Waals surface area contributed by atoms with Crippen LogP contribution in [0.4, 0.5) is 5.82 Å². The van der Waals surface area contributed by atoms with Crippen LogP contribution in [0, 0.1) is 0 Å². The Hall–Kier alpha value is -2.55. The summed E-state index contributed by atoms with van der Waals surface area (Å²) in [6.45, 7) is 2.66. The van der Waals surface area contributed by atoms with E-state index in [9.17, 15) is 4.79 Å². The van der Waals surface area contributed by atoms with Gasteiger partial charge in [0.1, 0.15) is 24.3 Å². The van der Waals surface area contributed by atoms with Crippen molar-refractivity contribution in [3.63, 3.8) is 0 Å². The Morgan fingerprint density at radius 2 is 2.24 bits per heavy atom. The first-order chi connectivity index (χ1) is 10.1. The molecular formula is C12H14N6O2S. The maximum Gasteiger partial charge on any atom is 0.358 e. The molecule has 0 amide bonds. The van der Waals surface area contributed by atoms with Crippen molar-refractivity contribution in [3.8, 4) is 5.82 Å². The zero-order valence-electron chi connectivity index (χ0n) is 11.5. The van der Waals surface area contributed by atoms with Crippen molar-refractivity contribution < 1.29 is 9.53 Å². The van der Waals surface area contributed by atoms with Crippen LogP contribution in [0.2, 0.25) is 0 Å². The number of carbonyl (C=O) groups excluding carboxylic acids is 1. The van der Waals surface area contributed by atoms with Crippen LogP contribution in [0.25, 0.3) is 5.82 Å². The molecular weight excluding hydrogens is 292 g/mol. The Morgan fingerprint density at radius 1 is 1.43 bits per heavy atom. The van der Waals surface area contributed by atoms with Gasteiger partial charge >= 0.3 is 5.97 Å². The first-order valence-electron chi connectivity index (χ1n) is 6.13. The van der Waals surface area contributed by atoms with Gasteiger partial charge in [-0.3, -0.25) is 4.57 Å². The SMILES string of the molecule is CCNC(=S)Nc1cc(-n2cnc(C(=O)OC)c2)ncn1. The van der Waals surface area contributed by atoms with Crippen LogP contribution in [0.5, 0.6) is 0 Å². The van der Waals surface area contributed by atoms with Gasteiger partial charge in [0.15, 0.2) is 10.8 Å². The predicted octanol–water partition coefficient (Wildman–Crippen LogP) is 0.755. The molecule has 2 aromatic rings. The molecule has 0 bridgehead atoms. The lowest BCUT2D eigenvalue weighted by atomic mass is 10.5. The van der Waals surface area contributed by atoms with Gasteiger partial charge in [0.2, 0.25) is 0 Å². The van der Waals surface area contributed by atoms with Crippen molar-refractivity contribution in [2.75, 3.05) is 19.0 Å². The summed E-state index contributed by atoms with van der Waals surface area (Å²) in [6, 6.07) is 1.69. The normalized spacial score (nSPS) is 10.0. The maximum atomic E-state index is 11.4. The smallest absolute Gasteiger partial charge is 0.358 e. The molecule has 0 saturated heterocycles. The van der Waals surface area contributed by atoms with Gasteiger partial charge in [-0.25, -0.2) is 19.7 Å². The molecule has 2 N–H and O–H groups in total. The van der Waals surface area contributed by atoms with Gasteiger partial charge in [0.05, 0.1) is 7.11 Å². The van der Waals surface area contributed by atoms with Gasteiger partial charge in [-0.2, -0.15) is 0 Å². The van der Waals surface area contributed by atoms with E-state index in [4.69, 9.17) is 12.2 Å². The predicted molar refractivity (Wildman–Crippen MR) is 80.4 cm³/mol. The number of aromatic nitrogens is 4. The number of nitrogens with one attached hydrogen (secondary N) is 2. The summed E-state index contributed by atoms with van der Waals surface area (Å²) in [6.07, 6.45) is 4.39. The lowest BCUT2D eigenvalue weighted by molar-refractivity contribution is 0.0594. The quantitative estimate of drug-likeness (QED) is 0.631. The van der Waals surface area contributed by atoms with Crippen LogP contribution in [-0.4, -0.2) is 44.3 Å². The average molecular weight is 306 g/mol. The summed E-state index contributed by atoms with van der Waals surface area (Å²) < 4.78 is 6.20. The Labute approximate surface area is 126 Å². The first kappa shape index (κ1) is 14.9. The highest BCUT2D eigenvalue weighted by atomic mass is 32.1. The minimum atomic E-state index is -0.505. The van der Waals surface area contributed by atoms with E-state index in [0.717, 1.165) is 0 Å². The number of methoxy groups -OCH3 is 1. The van der Waals surface area contributed by atoms with E-state index in [1.807, 2.05) is 6.92 Å². The van der Waals surface area contributed by atoms with E-state index in [2.05, 4.69) is 30.3 Å². The minimum absolute atomic E-state index is 0.203. The molecule has 110 valence electrons. The average Bonchev–Trinajstić information content (AvgIpc) is 2.97. The third-order valence-corrected chi connectivity index (χ3v) is 2.72. The standard InChI is InChI=1S/C12H14N6O2S/c1-3-13-12(21)17-9-4-10(15-6-14-9)18-5-8(16-7-18)11(19)20-2/h4-7H,3H2,1-2H3,(H2,13,14,15,17,21). The summed E-state index contributed by atoms with van der Waals surface area (Å²) in [4.78, 5) is 23.5. The molecule has 9 heteroatoms. The molecule has 0 atom stereocenters. The summed E-state index contributed by atoms with van der Waals surface area (Å²) in [5, 5.41) is 6.37. The Bertz CT molecular complexity index is 657. The summed E-state index contributed by atoms with van der Waals surface area (Å²) in [7, 11) is 1.30. The number of hydrogen-bond donors (Lipinski definition) is 2. The van der Waals surface area contributed by atoms with Crippen molar-refractivity contribution in [1.29, 1.82) is 0 Å². The Kier molecular flexibility index (Phi) is 4.77. The van der Waals surface area contributed by atoms with Gasteiger partial charge in [-0.15, -0.1) is 0 Å². The van der Waals surface area contributed by atoms with Crippen LogP contribution in [-0.2, 0) is 4.74 Å². The highest BCUT2D eigenvalue weighted by molar-refractivity contribution is 7.80. The molecule has 0 aliphatic heterocycles. The molecule has 0 saturated carbocycles. The molecule has 2 heterocycles. The van der Waals surface area contributed by atoms with Gasteiger partial charge < -0.3 is 15.4 Å². The molecule has 21 heavy (non-hydrogen) atoms. The van der Waals surface area contributed by atoms with Gasteiger partial charge in [0.25, 0.3) is 0 Å². The molecule has 8 nitrogen and oxygen atoms in total. The third kappa shape index (κ3) is 3.72. The molecule has 0 radical (unpaired) electrons. The second-order valence-corrected chi connectivity index (χ2v) is 4.31. The topological polar surface area (TPSA) is 94.0 Å². The molecule has 0 fully saturated rings. The van der Waals surface area contributed by atoms with Crippen LogP contribution >= 0.6 is 12.2 Å². The number of imidazole rings is 1. The van der Waals surface area contributed by atoms with E-state index < -0.39 is 5.97 Å². The lowest BCUT2D eigenvalue weighted by Crippen LogP contribution is -2.28. The van der Waals surface area contributed by atoms with Gasteiger partial charge in [0, 0.05) is 18.8 Å². The molecule has 2 aromatic heterocycles. The highest BCUT2D eigenvalue weighted by Gasteiger charge is 2.10. The summed E-state index contributed by atoms with van der Waals surface area (Å²) >= 11 is 5.09. The van der Waals surface area contributed by atoms with E-state index in [1.54, 1.807) is 10.6 Å². The second kappa shape index (κ2) is 6.75. The van der Waals surface area contributed by atoms with Crippen molar-refractivity contribution in [2.24, 2.45) is 0 Å².